The number of Topliss-reactive ketones (excluding diaryl/α,β-unsaturated/α-hetero) is 1. The molecule has 0 radical (unpaired) electrons. The number of allylic oxidation sites excluding steroid dienone is 3. The van der Waals surface area contributed by atoms with E-state index in [9.17, 15) is 4.79 Å². The van der Waals surface area contributed by atoms with Gasteiger partial charge in [0.05, 0.1) is 0 Å². The number of hydrogen-bond donors (Lipinski definition) is 0. The van der Waals surface area contributed by atoms with Gasteiger partial charge in [-0.15, -0.1) is 0 Å². The molecular formula is C16H24O. The van der Waals surface area contributed by atoms with E-state index in [-0.39, 0.29) is 5.41 Å². The molecule has 2 rings (SSSR count). The molecule has 3 atom stereocenters. The number of ketones is 1. The molecule has 3 unspecified atom stereocenters. The van der Waals surface area contributed by atoms with Crippen molar-refractivity contribution >= 4 is 5.78 Å². The van der Waals surface area contributed by atoms with Gasteiger partial charge in [0, 0.05) is 6.42 Å². The molecule has 0 saturated heterocycles. The molecule has 2 aliphatic rings. The van der Waals surface area contributed by atoms with Gasteiger partial charge in [0.2, 0.25) is 0 Å². The van der Waals surface area contributed by atoms with Gasteiger partial charge in [-0.1, -0.05) is 31.6 Å². The molecule has 0 aromatic carbocycles. The summed E-state index contributed by atoms with van der Waals surface area (Å²) in [5, 5.41) is 0. The Morgan fingerprint density at radius 2 is 2.06 bits per heavy atom. The maximum absolute atomic E-state index is 11.9. The first-order chi connectivity index (χ1) is 7.87. The van der Waals surface area contributed by atoms with Gasteiger partial charge < -0.3 is 0 Å². The van der Waals surface area contributed by atoms with E-state index in [1.54, 1.807) is 0 Å². The molecule has 2 aliphatic carbocycles. The lowest BCUT2D eigenvalue weighted by Gasteiger charge is -2.47. The maximum Gasteiger partial charge on any atom is 0.158 e. The molecule has 17 heavy (non-hydrogen) atoms. The van der Waals surface area contributed by atoms with Crippen LogP contribution < -0.4 is 0 Å². The van der Waals surface area contributed by atoms with E-state index >= 15 is 0 Å². The largest absolute Gasteiger partial charge is 0.295 e. The van der Waals surface area contributed by atoms with Gasteiger partial charge in [-0.3, -0.25) is 4.79 Å². The second-order valence-corrected chi connectivity index (χ2v) is 6.30. The van der Waals surface area contributed by atoms with Crippen LogP contribution in [-0.4, -0.2) is 5.78 Å². The predicted octanol–water partition coefficient (Wildman–Crippen LogP) is 4.29. The van der Waals surface area contributed by atoms with Gasteiger partial charge in [-0.2, -0.15) is 0 Å². The lowest BCUT2D eigenvalue weighted by Crippen LogP contribution is -2.38. The van der Waals surface area contributed by atoms with Crippen LogP contribution >= 0.6 is 0 Å². The summed E-state index contributed by atoms with van der Waals surface area (Å²) >= 11 is 0. The number of carbonyl (C=O) groups is 1. The highest BCUT2D eigenvalue weighted by molar-refractivity contribution is 5.96. The molecule has 94 valence electrons. The molecule has 1 fully saturated rings. The standard InChI is InChI=1S/C16H24O/c1-10(2)13-6-8-16(5)9-7-14(17)12(4)15(16)11(13)3/h11,13H,1,6-9H2,2-5H3. The van der Waals surface area contributed by atoms with Crippen molar-refractivity contribution in [3.8, 4) is 0 Å². The Bertz CT molecular complexity index is 402. The summed E-state index contributed by atoms with van der Waals surface area (Å²) in [7, 11) is 0. The summed E-state index contributed by atoms with van der Waals surface area (Å²) in [4.78, 5) is 11.9. The van der Waals surface area contributed by atoms with Crippen molar-refractivity contribution in [1.29, 1.82) is 0 Å². The van der Waals surface area contributed by atoms with Crippen LogP contribution in [-0.2, 0) is 4.79 Å². The molecule has 1 heteroatoms. The second-order valence-electron chi connectivity index (χ2n) is 6.30. The van der Waals surface area contributed by atoms with Crippen molar-refractivity contribution in [2.75, 3.05) is 0 Å². The van der Waals surface area contributed by atoms with Crippen LogP contribution in [0.15, 0.2) is 23.3 Å². The van der Waals surface area contributed by atoms with E-state index in [0.717, 1.165) is 18.4 Å². The fourth-order valence-electron chi connectivity index (χ4n) is 4.06. The van der Waals surface area contributed by atoms with Crippen LogP contribution in [0, 0.1) is 17.3 Å². The van der Waals surface area contributed by atoms with Gasteiger partial charge >= 0.3 is 0 Å². The minimum absolute atomic E-state index is 0.281. The summed E-state index contributed by atoms with van der Waals surface area (Å²) in [5.41, 5.74) is 4.05. The van der Waals surface area contributed by atoms with E-state index in [1.165, 1.54) is 24.0 Å². The molecule has 0 aromatic rings. The molecule has 0 aromatic heterocycles. The van der Waals surface area contributed by atoms with Crippen LogP contribution in [0.4, 0.5) is 0 Å². The van der Waals surface area contributed by atoms with Gasteiger partial charge in [0.25, 0.3) is 0 Å². The lowest BCUT2D eigenvalue weighted by atomic mass is 9.57. The second kappa shape index (κ2) is 4.12. The molecular weight excluding hydrogens is 208 g/mol. The average molecular weight is 232 g/mol. The Balaban J connectivity index is 2.46. The Hall–Kier alpha value is -0.850. The first kappa shape index (κ1) is 12.6. The Morgan fingerprint density at radius 3 is 2.65 bits per heavy atom. The zero-order valence-corrected chi connectivity index (χ0v) is 11.6. The van der Waals surface area contributed by atoms with Crippen molar-refractivity contribution in [3.05, 3.63) is 23.3 Å². The lowest BCUT2D eigenvalue weighted by molar-refractivity contribution is -0.117. The highest BCUT2D eigenvalue weighted by Gasteiger charge is 2.44. The molecule has 1 saturated carbocycles. The molecule has 0 aliphatic heterocycles. The number of carbonyl (C=O) groups excluding carboxylic acids is 1. The Labute approximate surface area is 105 Å². The van der Waals surface area contributed by atoms with Crippen LogP contribution in [0.5, 0.6) is 0 Å². The zero-order valence-electron chi connectivity index (χ0n) is 11.6. The van der Waals surface area contributed by atoms with E-state index in [0.29, 0.717) is 17.6 Å². The predicted molar refractivity (Wildman–Crippen MR) is 71.8 cm³/mol. The van der Waals surface area contributed by atoms with Crippen molar-refractivity contribution in [1.82, 2.24) is 0 Å². The molecule has 0 N–H and O–H groups in total. The summed E-state index contributed by atoms with van der Waals surface area (Å²) in [6.45, 7) is 12.9. The van der Waals surface area contributed by atoms with Crippen LogP contribution in [0.2, 0.25) is 0 Å². The minimum Gasteiger partial charge on any atom is -0.295 e. The average Bonchev–Trinajstić information content (AvgIpc) is 2.24. The molecule has 1 nitrogen and oxygen atoms in total. The highest BCUT2D eigenvalue weighted by Crippen LogP contribution is 2.53. The first-order valence-electron chi connectivity index (χ1n) is 6.76. The van der Waals surface area contributed by atoms with E-state index in [2.05, 4.69) is 27.4 Å². The summed E-state index contributed by atoms with van der Waals surface area (Å²) in [6.07, 6.45) is 4.24. The summed E-state index contributed by atoms with van der Waals surface area (Å²) in [5.74, 6) is 1.43. The third-order valence-electron chi connectivity index (χ3n) is 5.08. The molecule has 0 heterocycles. The van der Waals surface area contributed by atoms with Gasteiger partial charge in [0.1, 0.15) is 0 Å². The topological polar surface area (TPSA) is 17.1 Å². The maximum atomic E-state index is 11.9. The van der Waals surface area contributed by atoms with E-state index < -0.39 is 0 Å². The molecule has 0 spiro atoms. The third-order valence-corrected chi connectivity index (χ3v) is 5.08. The van der Waals surface area contributed by atoms with E-state index in [1.807, 2.05) is 6.92 Å². The summed E-state index contributed by atoms with van der Waals surface area (Å²) in [6, 6.07) is 0. The Morgan fingerprint density at radius 1 is 1.41 bits per heavy atom. The fourth-order valence-corrected chi connectivity index (χ4v) is 4.06. The van der Waals surface area contributed by atoms with Crippen molar-refractivity contribution in [2.24, 2.45) is 17.3 Å². The van der Waals surface area contributed by atoms with Crippen molar-refractivity contribution in [2.45, 2.75) is 53.4 Å². The molecule has 0 bridgehead atoms. The van der Waals surface area contributed by atoms with Gasteiger partial charge in [-0.05, 0) is 55.9 Å². The van der Waals surface area contributed by atoms with Crippen LogP contribution in [0.1, 0.15) is 53.4 Å². The van der Waals surface area contributed by atoms with Gasteiger partial charge in [0.15, 0.2) is 5.78 Å². The number of hydrogen-bond acceptors (Lipinski definition) is 1. The normalized spacial score (nSPS) is 38.0. The first-order valence-corrected chi connectivity index (χ1v) is 6.76. The number of rotatable bonds is 1. The Kier molecular flexibility index (Phi) is 3.05. The van der Waals surface area contributed by atoms with Gasteiger partial charge in [-0.25, -0.2) is 0 Å². The fraction of sp³-hybridized carbons (Fsp3) is 0.688. The van der Waals surface area contributed by atoms with Crippen molar-refractivity contribution in [3.63, 3.8) is 0 Å². The van der Waals surface area contributed by atoms with Crippen molar-refractivity contribution < 1.29 is 4.79 Å². The SMILES string of the molecule is C=C(C)C1CCC2(C)CCC(=O)C(C)=C2C1C. The van der Waals surface area contributed by atoms with Crippen LogP contribution in [0.25, 0.3) is 0 Å². The minimum atomic E-state index is 0.281. The third kappa shape index (κ3) is 1.90. The highest BCUT2D eigenvalue weighted by atomic mass is 16.1. The van der Waals surface area contributed by atoms with Crippen LogP contribution in [0.3, 0.4) is 0 Å². The zero-order chi connectivity index (χ0) is 12.8. The quantitative estimate of drug-likeness (QED) is 0.616. The molecule has 0 amide bonds. The van der Waals surface area contributed by atoms with E-state index in [4.69, 9.17) is 0 Å². The number of fused-ring (bicyclic) bond motifs is 1. The smallest absolute Gasteiger partial charge is 0.158 e. The monoisotopic (exact) mass is 232 g/mol. The summed E-state index contributed by atoms with van der Waals surface area (Å²) < 4.78 is 0.